The van der Waals surface area contributed by atoms with Crippen molar-refractivity contribution in [3.05, 3.63) is 46.4 Å². The Morgan fingerprint density at radius 2 is 2.33 bits per heavy atom. The van der Waals surface area contributed by atoms with Crippen LogP contribution in [-0.4, -0.2) is 23.3 Å². The van der Waals surface area contributed by atoms with Gasteiger partial charge in [-0.2, -0.15) is 0 Å². The Morgan fingerprint density at radius 1 is 1.44 bits per heavy atom. The summed E-state index contributed by atoms with van der Waals surface area (Å²) >= 11 is 3.75. The van der Waals surface area contributed by atoms with E-state index in [4.69, 9.17) is 0 Å². The Bertz CT molecular complexity index is 483. The van der Waals surface area contributed by atoms with Crippen LogP contribution in [-0.2, 0) is 12.8 Å². The number of fused-ring (bicyclic) bond motifs is 1. The Hall–Kier alpha value is -0.840. The number of likely N-dealkylation sites (N-methyl/N-ethyl adjacent to an activating group) is 1. The van der Waals surface area contributed by atoms with Crippen molar-refractivity contribution in [2.24, 2.45) is 0 Å². The Labute approximate surface area is 116 Å². The fraction of sp³-hybridized carbons (Fsp3) is 0.357. The van der Waals surface area contributed by atoms with Gasteiger partial charge in [0.15, 0.2) is 0 Å². The van der Waals surface area contributed by atoms with E-state index in [2.05, 4.69) is 47.0 Å². The lowest BCUT2D eigenvalue weighted by Gasteiger charge is -2.21. The number of aromatic nitrogens is 1. The molecule has 0 bridgehead atoms. The van der Waals surface area contributed by atoms with Gasteiger partial charge in [-0.05, 0) is 25.1 Å². The predicted octanol–water partition coefficient (Wildman–Crippen LogP) is 2.99. The molecule has 2 heterocycles. The summed E-state index contributed by atoms with van der Waals surface area (Å²) in [6, 6.07) is 9.24. The fourth-order valence-electron chi connectivity index (χ4n) is 2.39. The van der Waals surface area contributed by atoms with E-state index in [9.17, 15) is 0 Å². The van der Waals surface area contributed by atoms with Gasteiger partial charge >= 0.3 is 0 Å². The number of thiazole rings is 1. The molecule has 1 N–H and O–H groups in total. The van der Waals surface area contributed by atoms with Crippen LogP contribution in [0.4, 0.5) is 0 Å². The summed E-state index contributed by atoms with van der Waals surface area (Å²) in [5, 5.41) is 7.37. The molecule has 0 saturated carbocycles. The minimum atomic E-state index is 0.494. The van der Waals surface area contributed by atoms with E-state index in [0.29, 0.717) is 11.3 Å². The SMILES string of the molecule is CNC(Cc1nccs1)C1Cc2ccccc2S1. The zero-order valence-electron chi connectivity index (χ0n) is 10.3. The van der Waals surface area contributed by atoms with Gasteiger partial charge in [-0.1, -0.05) is 18.2 Å². The molecule has 1 aromatic heterocycles. The highest BCUT2D eigenvalue weighted by Gasteiger charge is 2.28. The molecule has 3 rings (SSSR count). The maximum absolute atomic E-state index is 4.39. The van der Waals surface area contributed by atoms with Crippen LogP contribution in [0.1, 0.15) is 10.6 Å². The average molecular weight is 276 g/mol. The Balaban J connectivity index is 1.71. The van der Waals surface area contributed by atoms with Crippen molar-refractivity contribution < 1.29 is 0 Å². The van der Waals surface area contributed by atoms with E-state index >= 15 is 0 Å². The monoisotopic (exact) mass is 276 g/mol. The molecule has 1 aromatic carbocycles. The van der Waals surface area contributed by atoms with Crippen LogP contribution < -0.4 is 5.32 Å². The maximum Gasteiger partial charge on any atom is 0.0940 e. The van der Waals surface area contributed by atoms with Crippen LogP contribution >= 0.6 is 23.1 Å². The third-order valence-corrected chi connectivity index (χ3v) is 5.62. The fourth-order valence-corrected chi connectivity index (χ4v) is 4.52. The zero-order chi connectivity index (χ0) is 12.4. The second-order valence-electron chi connectivity index (χ2n) is 4.49. The van der Waals surface area contributed by atoms with E-state index < -0.39 is 0 Å². The van der Waals surface area contributed by atoms with Crippen molar-refractivity contribution >= 4 is 23.1 Å². The number of thioether (sulfide) groups is 1. The van der Waals surface area contributed by atoms with E-state index in [1.807, 2.05) is 18.0 Å². The molecule has 2 aromatic rings. The summed E-state index contributed by atoms with van der Waals surface area (Å²) in [5.41, 5.74) is 1.49. The molecular weight excluding hydrogens is 260 g/mol. The second kappa shape index (κ2) is 5.43. The number of benzene rings is 1. The lowest BCUT2D eigenvalue weighted by Crippen LogP contribution is -2.37. The van der Waals surface area contributed by atoms with Crippen LogP contribution in [0.25, 0.3) is 0 Å². The molecule has 94 valence electrons. The summed E-state index contributed by atoms with van der Waals surface area (Å²) in [6.45, 7) is 0. The highest BCUT2D eigenvalue weighted by Crippen LogP contribution is 2.38. The molecule has 18 heavy (non-hydrogen) atoms. The number of rotatable bonds is 4. The number of hydrogen-bond acceptors (Lipinski definition) is 4. The molecule has 1 aliphatic heterocycles. The molecule has 2 atom stereocenters. The number of nitrogens with one attached hydrogen (secondary N) is 1. The van der Waals surface area contributed by atoms with Gasteiger partial charge in [0.25, 0.3) is 0 Å². The highest BCUT2D eigenvalue weighted by atomic mass is 32.2. The van der Waals surface area contributed by atoms with E-state index in [1.165, 1.54) is 15.5 Å². The van der Waals surface area contributed by atoms with Crippen LogP contribution in [0.5, 0.6) is 0 Å². The van der Waals surface area contributed by atoms with Gasteiger partial charge < -0.3 is 5.32 Å². The average Bonchev–Trinajstić information content (AvgIpc) is 3.04. The minimum absolute atomic E-state index is 0.494. The zero-order valence-corrected chi connectivity index (χ0v) is 11.9. The van der Waals surface area contributed by atoms with E-state index in [1.54, 1.807) is 11.3 Å². The van der Waals surface area contributed by atoms with Crippen molar-refractivity contribution in [3.8, 4) is 0 Å². The molecule has 0 saturated heterocycles. The summed E-state index contributed by atoms with van der Waals surface area (Å²) < 4.78 is 0. The molecule has 0 amide bonds. The molecule has 2 unspecified atom stereocenters. The molecule has 0 radical (unpaired) electrons. The highest BCUT2D eigenvalue weighted by molar-refractivity contribution is 8.00. The van der Waals surface area contributed by atoms with Crippen molar-refractivity contribution in [1.29, 1.82) is 0 Å². The first-order chi connectivity index (χ1) is 8.86. The van der Waals surface area contributed by atoms with Gasteiger partial charge in [-0.3, -0.25) is 0 Å². The first-order valence-corrected chi connectivity index (χ1v) is 7.93. The quantitative estimate of drug-likeness (QED) is 0.929. The normalized spacial score (nSPS) is 19.7. The van der Waals surface area contributed by atoms with Crippen molar-refractivity contribution in [2.45, 2.75) is 29.0 Å². The predicted molar refractivity (Wildman–Crippen MR) is 78.5 cm³/mol. The third kappa shape index (κ3) is 2.46. The summed E-state index contributed by atoms with van der Waals surface area (Å²) in [4.78, 5) is 5.84. The largest absolute Gasteiger partial charge is 0.315 e. The first kappa shape index (κ1) is 12.2. The Kier molecular flexibility index (Phi) is 3.68. The van der Waals surface area contributed by atoms with Gasteiger partial charge in [-0.25, -0.2) is 4.98 Å². The molecule has 2 nitrogen and oxygen atoms in total. The third-order valence-electron chi connectivity index (χ3n) is 3.37. The van der Waals surface area contributed by atoms with Crippen molar-refractivity contribution in [3.63, 3.8) is 0 Å². The lowest BCUT2D eigenvalue weighted by atomic mass is 10.0. The van der Waals surface area contributed by atoms with Crippen molar-refractivity contribution in [2.75, 3.05) is 7.05 Å². The molecule has 0 aliphatic carbocycles. The number of nitrogens with zero attached hydrogens (tertiary/aromatic N) is 1. The van der Waals surface area contributed by atoms with Crippen LogP contribution in [0, 0.1) is 0 Å². The van der Waals surface area contributed by atoms with E-state index in [0.717, 1.165) is 12.8 Å². The van der Waals surface area contributed by atoms with Crippen LogP contribution in [0.3, 0.4) is 0 Å². The summed E-state index contributed by atoms with van der Waals surface area (Å²) in [7, 11) is 2.06. The first-order valence-electron chi connectivity index (χ1n) is 6.17. The molecule has 0 spiro atoms. The Morgan fingerprint density at radius 3 is 3.06 bits per heavy atom. The van der Waals surface area contributed by atoms with Gasteiger partial charge in [0.05, 0.1) is 5.01 Å². The van der Waals surface area contributed by atoms with Gasteiger partial charge in [-0.15, -0.1) is 23.1 Å². The topological polar surface area (TPSA) is 24.9 Å². The second-order valence-corrected chi connectivity index (χ2v) is 6.75. The maximum atomic E-state index is 4.39. The van der Waals surface area contributed by atoms with Gasteiger partial charge in [0.2, 0.25) is 0 Å². The summed E-state index contributed by atoms with van der Waals surface area (Å²) in [5.74, 6) is 0. The standard InChI is InChI=1S/C14H16N2S2/c1-15-11(9-14-16-6-7-17-14)13-8-10-4-2-3-5-12(10)18-13/h2-7,11,13,15H,8-9H2,1H3. The van der Waals surface area contributed by atoms with Crippen LogP contribution in [0.2, 0.25) is 0 Å². The van der Waals surface area contributed by atoms with E-state index in [-0.39, 0.29) is 0 Å². The van der Waals surface area contributed by atoms with Gasteiger partial charge in [0, 0.05) is 34.2 Å². The molecule has 0 fully saturated rings. The lowest BCUT2D eigenvalue weighted by molar-refractivity contribution is 0.536. The molecule has 4 heteroatoms. The van der Waals surface area contributed by atoms with Crippen LogP contribution in [0.15, 0.2) is 40.7 Å². The van der Waals surface area contributed by atoms with Crippen molar-refractivity contribution in [1.82, 2.24) is 10.3 Å². The van der Waals surface area contributed by atoms with Gasteiger partial charge in [0.1, 0.15) is 0 Å². The minimum Gasteiger partial charge on any atom is -0.315 e. The smallest absolute Gasteiger partial charge is 0.0940 e. The molecular formula is C14H16N2S2. The number of hydrogen-bond donors (Lipinski definition) is 1. The molecule has 1 aliphatic rings. The summed E-state index contributed by atoms with van der Waals surface area (Å²) in [6.07, 6.45) is 4.08.